The summed E-state index contributed by atoms with van der Waals surface area (Å²) < 4.78 is 0. The van der Waals surface area contributed by atoms with Gasteiger partial charge in [0.15, 0.2) is 0 Å². The van der Waals surface area contributed by atoms with Crippen LogP contribution in [0.1, 0.15) is 32.1 Å². The van der Waals surface area contributed by atoms with Gasteiger partial charge in [0.05, 0.1) is 0 Å². The average molecular weight is 206 g/mol. The van der Waals surface area contributed by atoms with Crippen LogP contribution in [0, 0.1) is 5.92 Å². The minimum absolute atomic E-state index is 0. The van der Waals surface area contributed by atoms with Gasteiger partial charge in [0.2, 0.25) is 0 Å². The maximum atomic E-state index is 10.5. The molecule has 1 unspecified atom stereocenters. The molecule has 3 nitrogen and oxygen atoms in total. The van der Waals surface area contributed by atoms with Crippen molar-refractivity contribution < 1.29 is 9.90 Å². The first-order valence-electron chi connectivity index (χ1n) is 4.72. The Morgan fingerprint density at radius 1 is 1.31 bits per heavy atom. The Balaban J connectivity index is 0.000000845. The molecule has 2 heterocycles. The lowest BCUT2D eigenvalue weighted by molar-refractivity contribution is -0.138. The maximum Gasteiger partial charge on any atom is 0.303 e. The number of piperidine rings is 1. The molecule has 2 aliphatic rings. The summed E-state index contributed by atoms with van der Waals surface area (Å²) in [4.78, 5) is 10.5. The standard InChI is InChI=1S/C9H15NO2.ClH/c11-9(12)5-6-3-7-1-2-8(4-6)10-7;/h6-8,10H,1-5H2,(H,11,12);1H/t6?,7-,8+;. The largest absolute Gasteiger partial charge is 0.481 e. The maximum absolute atomic E-state index is 10.5. The Hall–Kier alpha value is -0.280. The highest BCUT2D eigenvalue weighted by molar-refractivity contribution is 5.85. The molecule has 0 saturated carbocycles. The molecule has 0 aromatic carbocycles. The Morgan fingerprint density at radius 3 is 2.31 bits per heavy atom. The van der Waals surface area contributed by atoms with E-state index >= 15 is 0 Å². The van der Waals surface area contributed by atoms with Crippen LogP contribution in [0.2, 0.25) is 0 Å². The fraction of sp³-hybridized carbons (Fsp3) is 0.889. The summed E-state index contributed by atoms with van der Waals surface area (Å²) in [5, 5.41) is 12.1. The molecule has 0 aromatic rings. The van der Waals surface area contributed by atoms with Crippen LogP contribution in [0.5, 0.6) is 0 Å². The molecule has 0 aliphatic carbocycles. The smallest absolute Gasteiger partial charge is 0.303 e. The Morgan fingerprint density at radius 2 is 1.85 bits per heavy atom. The average Bonchev–Trinajstić information content (AvgIpc) is 2.29. The predicted octanol–water partition coefficient (Wildman–Crippen LogP) is 1.41. The van der Waals surface area contributed by atoms with E-state index in [1.165, 1.54) is 12.8 Å². The van der Waals surface area contributed by atoms with E-state index in [2.05, 4.69) is 5.32 Å². The molecule has 76 valence electrons. The SMILES string of the molecule is Cl.O=C(O)CC1C[C@H]2CC[C@@H](C1)N2. The van der Waals surface area contributed by atoms with Crippen molar-refractivity contribution >= 4 is 18.4 Å². The molecule has 0 spiro atoms. The van der Waals surface area contributed by atoms with Crippen LogP contribution in [0.4, 0.5) is 0 Å². The third kappa shape index (κ3) is 2.58. The number of carboxylic acid groups (broad SMARTS) is 1. The molecule has 2 bridgehead atoms. The number of halogens is 1. The van der Waals surface area contributed by atoms with Crippen molar-refractivity contribution in [3.8, 4) is 0 Å². The molecule has 3 atom stereocenters. The third-order valence-corrected chi connectivity index (χ3v) is 3.03. The summed E-state index contributed by atoms with van der Waals surface area (Å²) in [5.74, 6) is -0.206. The van der Waals surface area contributed by atoms with Crippen molar-refractivity contribution in [2.24, 2.45) is 5.92 Å². The van der Waals surface area contributed by atoms with E-state index in [1.54, 1.807) is 0 Å². The first-order valence-corrected chi connectivity index (χ1v) is 4.72. The molecule has 2 aliphatic heterocycles. The van der Waals surface area contributed by atoms with E-state index in [4.69, 9.17) is 5.11 Å². The summed E-state index contributed by atoms with van der Waals surface area (Å²) in [7, 11) is 0. The lowest BCUT2D eigenvalue weighted by Crippen LogP contribution is -2.38. The molecule has 2 fully saturated rings. The number of hydrogen-bond donors (Lipinski definition) is 2. The summed E-state index contributed by atoms with van der Waals surface area (Å²) in [6, 6.07) is 1.24. The molecular formula is C9H16ClNO2. The normalized spacial score (nSPS) is 36.8. The van der Waals surface area contributed by atoms with E-state index in [1.807, 2.05) is 0 Å². The van der Waals surface area contributed by atoms with Gasteiger partial charge in [-0.1, -0.05) is 0 Å². The number of carbonyl (C=O) groups is 1. The topological polar surface area (TPSA) is 49.3 Å². The first kappa shape index (κ1) is 10.8. The molecule has 0 amide bonds. The van der Waals surface area contributed by atoms with Crippen LogP contribution >= 0.6 is 12.4 Å². The fourth-order valence-corrected chi connectivity index (χ4v) is 2.59. The van der Waals surface area contributed by atoms with Gasteiger partial charge in [0.1, 0.15) is 0 Å². The van der Waals surface area contributed by atoms with Gasteiger partial charge in [-0.2, -0.15) is 0 Å². The summed E-state index contributed by atoms with van der Waals surface area (Å²) in [6.07, 6.45) is 5.02. The van der Waals surface area contributed by atoms with E-state index in [0.29, 0.717) is 24.4 Å². The van der Waals surface area contributed by atoms with Crippen molar-refractivity contribution in [3.63, 3.8) is 0 Å². The highest BCUT2D eigenvalue weighted by Gasteiger charge is 2.33. The Labute approximate surface area is 84.3 Å². The second-order valence-corrected chi connectivity index (χ2v) is 4.07. The monoisotopic (exact) mass is 205 g/mol. The van der Waals surface area contributed by atoms with Gasteiger partial charge in [-0.05, 0) is 31.6 Å². The zero-order chi connectivity index (χ0) is 8.55. The van der Waals surface area contributed by atoms with E-state index in [0.717, 1.165) is 12.8 Å². The molecule has 2 N–H and O–H groups in total. The summed E-state index contributed by atoms with van der Waals surface area (Å²) >= 11 is 0. The first-order chi connectivity index (χ1) is 5.74. The zero-order valence-electron chi connectivity index (χ0n) is 7.53. The molecule has 2 rings (SSSR count). The van der Waals surface area contributed by atoms with Gasteiger partial charge < -0.3 is 10.4 Å². The van der Waals surface area contributed by atoms with Crippen molar-refractivity contribution in [3.05, 3.63) is 0 Å². The lowest BCUT2D eigenvalue weighted by atomic mass is 9.90. The highest BCUT2D eigenvalue weighted by Crippen LogP contribution is 2.32. The van der Waals surface area contributed by atoms with Crippen molar-refractivity contribution in [2.75, 3.05) is 0 Å². The van der Waals surface area contributed by atoms with Crippen LogP contribution in [0.15, 0.2) is 0 Å². The molecular weight excluding hydrogens is 190 g/mol. The number of aliphatic carboxylic acids is 1. The van der Waals surface area contributed by atoms with Gasteiger partial charge in [0.25, 0.3) is 0 Å². The van der Waals surface area contributed by atoms with E-state index in [-0.39, 0.29) is 12.4 Å². The fourth-order valence-electron chi connectivity index (χ4n) is 2.59. The zero-order valence-corrected chi connectivity index (χ0v) is 8.35. The molecule has 0 radical (unpaired) electrons. The van der Waals surface area contributed by atoms with E-state index in [9.17, 15) is 4.79 Å². The van der Waals surface area contributed by atoms with Crippen molar-refractivity contribution in [2.45, 2.75) is 44.2 Å². The number of hydrogen-bond acceptors (Lipinski definition) is 2. The minimum Gasteiger partial charge on any atom is -0.481 e. The molecule has 13 heavy (non-hydrogen) atoms. The molecule has 4 heteroatoms. The summed E-state index contributed by atoms with van der Waals surface area (Å²) in [6.45, 7) is 0. The molecule has 2 saturated heterocycles. The van der Waals surface area contributed by atoms with Crippen LogP contribution in [0.25, 0.3) is 0 Å². The quantitative estimate of drug-likeness (QED) is 0.717. The van der Waals surface area contributed by atoms with Gasteiger partial charge in [-0.15, -0.1) is 12.4 Å². The molecule has 0 aromatic heterocycles. The second kappa shape index (κ2) is 4.29. The third-order valence-electron chi connectivity index (χ3n) is 3.03. The van der Waals surface area contributed by atoms with Crippen molar-refractivity contribution in [1.82, 2.24) is 5.32 Å². The Kier molecular flexibility index (Phi) is 3.56. The van der Waals surface area contributed by atoms with Crippen molar-refractivity contribution in [1.29, 1.82) is 0 Å². The number of carboxylic acids is 1. The minimum atomic E-state index is -0.638. The van der Waals surface area contributed by atoms with Gasteiger partial charge in [0, 0.05) is 18.5 Å². The van der Waals surface area contributed by atoms with Crippen LogP contribution in [0.3, 0.4) is 0 Å². The summed E-state index contributed by atoms with van der Waals surface area (Å²) in [5.41, 5.74) is 0. The number of nitrogens with one attached hydrogen (secondary N) is 1. The number of rotatable bonds is 2. The highest BCUT2D eigenvalue weighted by atomic mass is 35.5. The Bertz CT molecular complexity index is 186. The second-order valence-electron chi connectivity index (χ2n) is 4.07. The van der Waals surface area contributed by atoms with Gasteiger partial charge >= 0.3 is 5.97 Å². The lowest BCUT2D eigenvalue weighted by Gasteiger charge is -2.27. The van der Waals surface area contributed by atoms with Gasteiger partial charge in [-0.3, -0.25) is 4.79 Å². The van der Waals surface area contributed by atoms with E-state index < -0.39 is 5.97 Å². The van der Waals surface area contributed by atoms with Crippen LogP contribution in [-0.4, -0.2) is 23.2 Å². The van der Waals surface area contributed by atoms with Crippen LogP contribution in [-0.2, 0) is 4.79 Å². The number of fused-ring (bicyclic) bond motifs is 2. The van der Waals surface area contributed by atoms with Crippen LogP contribution < -0.4 is 5.32 Å². The predicted molar refractivity (Wildman–Crippen MR) is 52.2 cm³/mol. The van der Waals surface area contributed by atoms with Gasteiger partial charge in [-0.25, -0.2) is 0 Å².